The highest BCUT2D eigenvalue weighted by Gasteiger charge is 2.28. The average molecular weight is 473 g/mol. The number of hydrogen-bond donors (Lipinski definition) is 2. The maximum Gasteiger partial charge on any atom is 0.292 e. The Bertz CT molecular complexity index is 1450. The van der Waals surface area contributed by atoms with E-state index < -0.39 is 5.91 Å². The van der Waals surface area contributed by atoms with E-state index in [4.69, 9.17) is 4.42 Å². The van der Waals surface area contributed by atoms with Gasteiger partial charge < -0.3 is 15.1 Å². The Hall–Kier alpha value is -3.71. The van der Waals surface area contributed by atoms with E-state index in [0.717, 1.165) is 47.3 Å². The molecule has 2 N–H and O–H groups in total. The first kappa shape index (κ1) is 22.1. The molecule has 0 unspecified atom stereocenters. The van der Waals surface area contributed by atoms with Crippen molar-refractivity contribution < 1.29 is 14.0 Å². The van der Waals surface area contributed by atoms with E-state index >= 15 is 0 Å². The molecule has 2 amide bonds. The molecule has 0 saturated carbocycles. The molecule has 7 heteroatoms. The van der Waals surface area contributed by atoms with Crippen molar-refractivity contribution in [2.24, 2.45) is 0 Å². The van der Waals surface area contributed by atoms with E-state index in [9.17, 15) is 14.4 Å². The molecule has 2 aromatic carbocycles. The normalized spacial score (nSPS) is 12.5. The highest BCUT2D eigenvalue weighted by molar-refractivity contribution is 7.17. The molecule has 0 aliphatic heterocycles. The zero-order valence-corrected chi connectivity index (χ0v) is 19.6. The van der Waals surface area contributed by atoms with Crippen LogP contribution in [-0.2, 0) is 19.3 Å². The Morgan fingerprint density at radius 1 is 1.03 bits per heavy atom. The van der Waals surface area contributed by atoms with Crippen molar-refractivity contribution in [3.05, 3.63) is 97.7 Å². The molecule has 0 bridgehead atoms. The standard InChI is InChI=1S/C27H24N2O4S/c1-16-7-5-10-18-20(30)15-21(33-24(16)18)25(31)29-27-23(19-11-6-12-22(19)34-27)26(32)28-14-13-17-8-3-2-4-9-17/h2-5,7-10,15H,6,11-14H2,1H3,(H,28,32)(H,29,31). The number of thiophene rings is 1. The van der Waals surface area contributed by atoms with Gasteiger partial charge in [0.15, 0.2) is 11.2 Å². The summed E-state index contributed by atoms with van der Waals surface area (Å²) in [6, 6.07) is 16.5. The molecule has 0 radical (unpaired) electrons. The molecule has 1 aliphatic carbocycles. The van der Waals surface area contributed by atoms with E-state index in [1.54, 1.807) is 12.1 Å². The van der Waals surface area contributed by atoms with Crippen molar-refractivity contribution >= 4 is 39.1 Å². The second kappa shape index (κ2) is 9.27. The molecule has 172 valence electrons. The topological polar surface area (TPSA) is 88.4 Å². The van der Waals surface area contributed by atoms with Gasteiger partial charge >= 0.3 is 0 Å². The lowest BCUT2D eigenvalue weighted by atomic mass is 10.1. The summed E-state index contributed by atoms with van der Waals surface area (Å²) in [4.78, 5) is 39.8. The summed E-state index contributed by atoms with van der Waals surface area (Å²) in [6.45, 7) is 2.33. The van der Waals surface area contributed by atoms with Crippen LogP contribution < -0.4 is 16.1 Å². The van der Waals surface area contributed by atoms with Gasteiger partial charge in [0.25, 0.3) is 11.8 Å². The van der Waals surface area contributed by atoms with Crippen molar-refractivity contribution in [3.8, 4) is 0 Å². The predicted molar refractivity (Wildman–Crippen MR) is 134 cm³/mol. The number of hydrogen-bond acceptors (Lipinski definition) is 5. The SMILES string of the molecule is Cc1cccc2c(=O)cc(C(=O)Nc3sc4c(c3C(=O)NCCc3ccccc3)CCC4)oc12. The quantitative estimate of drug-likeness (QED) is 0.419. The maximum atomic E-state index is 13.1. The number of rotatable bonds is 6. The van der Waals surface area contributed by atoms with E-state index in [2.05, 4.69) is 10.6 Å². The smallest absolute Gasteiger partial charge is 0.292 e. The summed E-state index contributed by atoms with van der Waals surface area (Å²) < 4.78 is 5.79. The summed E-state index contributed by atoms with van der Waals surface area (Å²) >= 11 is 1.43. The molecule has 4 aromatic rings. The highest BCUT2D eigenvalue weighted by Crippen LogP contribution is 2.39. The van der Waals surface area contributed by atoms with Gasteiger partial charge in [-0.2, -0.15) is 0 Å². The van der Waals surface area contributed by atoms with Crippen LogP contribution >= 0.6 is 11.3 Å². The molecule has 1 aliphatic rings. The molecule has 0 atom stereocenters. The monoisotopic (exact) mass is 472 g/mol. The second-order valence-corrected chi connectivity index (χ2v) is 9.54. The number of fused-ring (bicyclic) bond motifs is 2. The Morgan fingerprint density at radius 2 is 1.85 bits per heavy atom. The molecule has 0 fully saturated rings. The molecule has 5 rings (SSSR count). The lowest BCUT2D eigenvalue weighted by molar-refractivity contribution is 0.0954. The van der Waals surface area contributed by atoms with Gasteiger partial charge in [0.05, 0.1) is 10.9 Å². The van der Waals surface area contributed by atoms with Crippen molar-refractivity contribution in [2.75, 3.05) is 11.9 Å². The van der Waals surface area contributed by atoms with Crippen LogP contribution in [0.5, 0.6) is 0 Å². The maximum absolute atomic E-state index is 13.1. The minimum Gasteiger partial charge on any atom is -0.450 e. The van der Waals surface area contributed by atoms with Gasteiger partial charge in [-0.1, -0.05) is 42.5 Å². The predicted octanol–water partition coefficient (Wildman–Crippen LogP) is 4.88. The molecule has 34 heavy (non-hydrogen) atoms. The van der Waals surface area contributed by atoms with Crippen LogP contribution in [0.4, 0.5) is 5.00 Å². The Morgan fingerprint density at radius 3 is 2.68 bits per heavy atom. The minimum absolute atomic E-state index is 0.0733. The first-order valence-corrected chi connectivity index (χ1v) is 12.1. The van der Waals surface area contributed by atoms with Gasteiger partial charge in [-0.15, -0.1) is 11.3 Å². The third-order valence-electron chi connectivity index (χ3n) is 6.09. The zero-order valence-electron chi connectivity index (χ0n) is 18.8. The molecule has 6 nitrogen and oxygen atoms in total. The summed E-state index contributed by atoms with van der Waals surface area (Å²) in [6.07, 6.45) is 3.43. The van der Waals surface area contributed by atoms with Crippen LogP contribution in [-0.4, -0.2) is 18.4 Å². The minimum atomic E-state index is -0.541. The van der Waals surface area contributed by atoms with E-state index in [1.165, 1.54) is 17.4 Å². The lowest BCUT2D eigenvalue weighted by Gasteiger charge is -2.10. The van der Waals surface area contributed by atoms with Crippen molar-refractivity contribution in [1.82, 2.24) is 5.32 Å². The van der Waals surface area contributed by atoms with Crippen LogP contribution in [0.1, 0.15) is 48.9 Å². The number of aryl methyl sites for hydroxylation is 2. The number of anilines is 1. The molecule has 2 aromatic heterocycles. The number of benzene rings is 2. The molecule has 0 saturated heterocycles. The van der Waals surface area contributed by atoms with E-state index in [1.807, 2.05) is 43.3 Å². The number of amides is 2. The Kier molecular flexibility index (Phi) is 6.02. The molecular weight excluding hydrogens is 448 g/mol. The average Bonchev–Trinajstić information content (AvgIpc) is 3.41. The van der Waals surface area contributed by atoms with E-state index in [-0.39, 0.29) is 17.1 Å². The van der Waals surface area contributed by atoms with Gasteiger partial charge in [-0.05, 0) is 55.4 Å². The van der Waals surface area contributed by atoms with Gasteiger partial charge in [0, 0.05) is 17.5 Å². The summed E-state index contributed by atoms with van der Waals surface area (Å²) in [5.41, 5.74) is 3.58. The second-order valence-electron chi connectivity index (χ2n) is 8.43. The fourth-order valence-corrected chi connectivity index (χ4v) is 5.66. The number of carbonyl (C=O) groups is 2. The van der Waals surface area contributed by atoms with Crippen LogP contribution in [0.15, 0.2) is 63.8 Å². The van der Waals surface area contributed by atoms with Crippen LogP contribution in [0.25, 0.3) is 11.0 Å². The first-order chi connectivity index (χ1) is 16.5. The Balaban J connectivity index is 1.39. The Labute approximate surface area is 200 Å². The largest absolute Gasteiger partial charge is 0.450 e. The summed E-state index contributed by atoms with van der Waals surface area (Å²) in [7, 11) is 0. The number of para-hydroxylation sites is 1. The van der Waals surface area contributed by atoms with Crippen LogP contribution in [0.3, 0.4) is 0 Å². The van der Waals surface area contributed by atoms with Gasteiger partial charge in [-0.25, -0.2) is 0 Å². The summed E-state index contributed by atoms with van der Waals surface area (Å²) in [5.74, 6) is -0.808. The third-order valence-corrected chi connectivity index (χ3v) is 7.30. The van der Waals surface area contributed by atoms with Crippen molar-refractivity contribution in [2.45, 2.75) is 32.6 Å². The zero-order chi connectivity index (χ0) is 23.7. The summed E-state index contributed by atoms with van der Waals surface area (Å²) in [5, 5.41) is 6.78. The molecular formula is C27H24N2O4S. The van der Waals surface area contributed by atoms with Gasteiger partial charge in [0.2, 0.25) is 0 Å². The number of nitrogens with one attached hydrogen (secondary N) is 2. The van der Waals surface area contributed by atoms with Gasteiger partial charge in [0.1, 0.15) is 10.6 Å². The van der Waals surface area contributed by atoms with Crippen molar-refractivity contribution in [1.29, 1.82) is 0 Å². The number of carbonyl (C=O) groups excluding carboxylic acids is 2. The molecule has 2 heterocycles. The fraction of sp³-hybridized carbons (Fsp3) is 0.222. The van der Waals surface area contributed by atoms with Crippen molar-refractivity contribution in [3.63, 3.8) is 0 Å². The third kappa shape index (κ3) is 4.26. The van der Waals surface area contributed by atoms with Gasteiger partial charge in [-0.3, -0.25) is 14.4 Å². The fourth-order valence-electron chi connectivity index (χ4n) is 4.38. The van der Waals surface area contributed by atoms with Crippen LogP contribution in [0.2, 0.25) is 0 Å². The molecule has 0 spiro atoms. The first-order valence-electron chi connectivity index (χ1n) is 11.3. The highest BCUT2D eigenvalue weighted by atomic mass is 32.1. The lowest BCUT2D eigenvalue weighted by Crippen LogP contribution is -2.27. The van der Waals surface area contributed by atoms with Crippen LogP contribution in [0, 0.1) is 6.92 Å². The van der Waals surface area contributed by atoms with E-state index in [0.29, 0.717) is 28.1 Å².